The lowest BCUT2D eigenvalue weighted by Gasteiger charge is -2.06. The Hall–Kier alpha value is -3.74. The summed E-state index contributed by atoms with van der Waals surface area (Å²) < 4.78 is 22.8. The highest BCUT2D eigenvalue weighted by Gasteiger charge is 2.13. The summed E-state index contributed by atoms with van der Waals surface area (Å²) in [6.45, 7) is -0.457. The number of hydrogen-bond donors (Lipinski definition) is 1. The summed E-state index contributed by atoms with van der Waals surface area (Å²) >= 11 is 0. The van der Waals surface area contributed by atoms with Gasteiger partial charge in [-0.05, 0) is 60.7 Å². The molecule has 7 heteroatoms. The summed E-state index contributed by atoms with van der Waals surface area (Å²) in [5.74, 6) is -1.83. The predicted molar refractivity (Wildman–Crippen MR) is 94.1 cm³/mol. The van der Waals surface area contributed by atoms with E-state index in [2.05, 4.69) is 5.32 Å². The molecule has 3 aromatic rings. The van der Waals surface area contributed by atoms with E-state index in [0.29, 0.717) is 5.69 Å². The molecule has 27 heavy (non-hydrogen) atoms. The molecule has 6 nitrogen and oxygen atoms in total. The molecular weight excluding hydrogens is 353 g/mol. The van der Waals surface area contributed by atoms with Crippen molar-refractivity contribution in [2.75, 3.05) is 11.9 Å². The molecule has 0 aliphatic rings. The van der Waals surface area contributed by atoms with Crippen molar-refractivity contribution in [1.82, 2.24) is 0 Å². The van der Waals surface area contributed by atoms with Crippen LogP contribution in [0.1, 0.15) is 31.3 Å². The summed E-state index contributed by atoms with van der Waals surface area (Å²) in [6, 6.07) is 14.1. The standard InChI is InChI=1S/C20H14FNO5/c21-15-7-3-13(4-8-15)17(23)12-27-20(25)14-5-9-16(10-6-14)22-19(24)18-2-1-11-26-18/h1-11H,12H2,(H,22,24). The first-order valence-corrected chi connectivity index (χ1v) is 7.94. The van der Waals surface area contributed by atoms with Crippen LogP contribution < -0.4 is 5.32 Å². The van der Waals surface area contributed by atoms with E-state index < -0.39 is 30.1 Å². The molecule has 0 fully saturated rings. The Morgan fingerprint density at radius 2 is 1.59 bits per heavy atom. The number of ketones is 1. The number of ether oxygens (including phenoxy) is 1. The van der Waals surface area contributed by atoms with Gasteiger partial charge in [0.25, 0.3) is 5.91 Å². The van der Waals surface area contributed by atoms with Crippen LogP contribution in [0.5, 0.6) is 0 Å². The second-order valence-corrected chi connectivity index (χ2v) is 5.51. The van der Waals surface area contributed by atoms with Crippen molar-refractivity contribution in [1.29, 1.82) is 0 Å². The molecule has 0 bridgehead atoms. The number of carbonyl (C=O) groups excluding carboxylic acids is 3. The molecule has 0 atom stereocenters. The Morgan fingerprint density at radius 3 is 2.22 bits per heavy atom. The van der Waals surface area contributed by atoms with Gasteiger partial charge in [0.15, 0.2) is 18.2 Å². The Balaban J connectivity index is 1.55. The topological polar surface area (TPSA) is 85.6 Å². The van der Waals surface area contributed by atoms with Gasteiger partial charge in [0.2, 0.25) is 0 Å². The lowest BCUT2D eigenvalue weighted by molar-refractivity contribution is 0.0474. The molecular formula is C20H14FNO5. The fourth-order valence-electron chi connectivity index (χ4n) is 2.22. The van der Waals surface area contributed by atoms with E-state index >= 15 is 0 Å². The maximum atomic E-state index is 12.8. The smallest absolute Gasteiger partial charge is 0.338 e. The van der Waals surface area contributed by atoms with E-state index in [1.54, 1.807) is 6.07 Å². The predicted octanol–water partition coefficient (Wildman–Crippen LogP) is 3.71. The quantitative estimate of drug-likeness (QED) is 0.530. The molecule has 0 spiro atoms. The maximum absolute atomic E-state index is 12.8. The summed E-state index contributed by atoms with van der Waals surface area (Å²) in [7, 11) is 0. The number of Topliss-reactive ketones (excluding diaryl/α,β-unsaturated/α-hetero) is 1. The second kappa shape index (κ2) is 8.09. The van der Waals surface area contributed by atoms with Gasteiger partial charge >= 0.3 is 5.97 Å². The number of anilines is 1. The number of hydrogen-bond acceptors (Lipinski definition) is 5. The number of furan rings is 1. The molecule has 0 aliphatic heterocycles. The zero-order valence-electron chi connectivity index (χ0n) is 14.0. The number of halogens is 1. The molecule has 2 aromatic carbocycles. The van der Waals surface area contributed by atoms with E-state index in [9.17, 15) is 18.8 Å². The first kappa shape index (κ1) is 18.1. The molecule has 0 radical (unpaired) electrons. The number of rotatable bonds is 6. The van der Waals surface area contributed by atoms with Gasteiger partial charge in [-0.2, -0.15) is 0 Å². The molecule has 1 amide bonds. The highest BCUT2D eigenvalue weighted by atomic mass is 19.1. The summed E-state index contributed by atoms with van der Waals surface area (Å²) in [4.78, 5) is 35.8. The third-order valence-corrected chi connectivity index (χ3v) is 3.62. The Kier molecular flexibility index (Phi) is 5.41. The minimum atomic E-state index is -0.686. The molecule has 0 saturated heterocycles. The van der Waals surface area contributed by atoms with Crippen LogP contribution in [0.25, 0.3) is 0 Å². The van der Waals surface area contributed by atoms with Crippen molar-refractivity contribution in [3.63, 3.8) is 0 Å². The molecule has 1 aromatic heterocycles. The summed E-state index contributed by atoms with van der Waals surface area (Å²) in [6.07, 6.45) is 1.39. The van der Waals surface area contributed by atoms with Gasteiger partial charge in [0.05, 0.1) is 11.8 Å². The first-order valence-electron chi connectivity index (χ1n) is 7.94. The molecule has 1 heterocycles. The van der Waals surface area contributed by atoms with Crippen LogP contribution in [-0.4, -0.2) is 24.3 Å². The average Bonchev–Trinajstić information content (AvgIpc) is 3.22. The van der Waals surface area contributed by atoms with E-state index in [-0.39, 0.29) is 16.9 Å². The van der Waals surface area contributed by atoms with Crippen LogP contribution in [0.3, 0.4) is 0 Å². The van der Waals surface area contributed by atoms with Crippen LogP contribution in [0.15, 0.2) is 71.3 Å². The van der Waals surface area contributed by atoms with Crippen molar-refractivity contribution >= 4 is 23.3 Å². The third-order valence-electron chi connectivity index (χ3n) is 3.62. The van der Waals surface area contributed by atoms with Crippen LogP contribution in [-0.2, 0) is 4.74 Å². The van der Waals surface area contributed by atoms with Gasteiger partial charge in [0.1, 0.15) is 5.82 Å². The van der Waals surface area contributed by atoms with Gasteiger partial charge in [-0.15, -0.1) is 0 Å². The Labute approximate surface area is 153 Å². The normalized spacial score (nSPS) is 10.3. The third kappa shape index (κ3) is 4.66. The highest BCUT2D eigenvalue weighted by molar-refractivity contribution is 6.02. The molecule has 0 saturated carbocycles. The molecule has 136 valence electrons. The minimum Gasteiger partial charge on any atom is -0.459 e. The second-order valence-electron chi connectivity index (χ2n) is 5.51. The van der Waals surface area contributed by atoms with Crippen molar-refractivity contribution in [2.24, 2.45) is 0 Å². The zero-order chi connectivity index (χ0) is 19.2. The van der Waals surface area contributed by atoms with Crippen LogP contribution in [0, 0.1) is 5.82 Å². The van der Waals surface area contributed by atoms with Crippen molar-refractivity contribution in [2.45, 2.75) is 0 Å². The minimum absolute atomic E-state index is 0.165. The molecule has 3 rings (SSSR count). The van der Waals surface area contributed by atoms with Gasteiger partial charge < -0.3 is 14.5 Å². The highest BCUT2D eigenvalue weighted by Crippen LogP contribution is 2.13. The SMILES string of the molecule is O=C(COC(=O)c1ccc(NC(=O)c2ccco2)cc1)c1ccc(F)cc1. The zero-order valence-corrected chi connectivity index (χ0v) is 14.0. The van der Waals surface area contributed by atoms with Crippen LogP contribution >= 0.6 is 0 Å². The van der Waals surface area contributed by atoms with Gasteiger partial charge in [-0.1, -0.05) is 0 Å². The van der Waals surface area contributed by atoms with Gasteiger partial charge in [0, 0.05) is 11.3 Å². The molecule has 1 N–H and O–H groups in total. The maximum Gasteiger partial charge on any atom is 0.338 e. The fraction of sp³-hybridized carbons (Fsp3) is 0.0500. The number of benzene rings is 2. The van der Waals surface area contributed by atoms with E-state index in [1.807, 2.05) is 0 Å². The number of esters is 1. The first-order chi connectivity index (χ1) is 13.0. The summed E-state index contributed by atoms with van der Waals surface area (Å²) in [5.41, 5.74) is 0.938. The Morgan fingerprint density at radius 1 is 0.926 bits per heavy atom. The largest absolute Gasteiger partial charge is 0.459 e. The van der Waals surface area contributed by atoms with Crippen LogP contribution in [0.4, 0.5) is 10.1 Å². The fourth-order valence-corrected chi connectivity index (χ4v) is 2.22. The van der Waals surface area contributed by atoms with Gasteiger partial charge in [-0.25, -0.2) is 9.18 Å². The lowest BCUT2D eigenvalue weighted by atomic mass is 10.1. The Bertz CT molecular complexity index is 947. The monoisotopic (exact) mass is 367 g/mol. The lowest BCUT2D eigenvalue weighted by Crippen LogP contribution is -2.14. The van der Waals surface area contributed by atoms with E-state index in [1.165, 1.54) is 48.7 Å². The molecule has 0 aliphatic carbocycles. The van der Waals surface area contributed by atoms with Crippen LogP contribution in [0.2, 0.25) is 0 Å². The van der Waals surface area contributed by atoms with E-state index in [4.69, 9.17) is 9.15 Å². The molecule has 0 unspecified atom stereocenters. The number of nitrogens with one attached hydrogen (secondary N) is 1. The average molecular weight is 367 g/mol. The summed E-state index contributed by atoms with van der Waals surface area (Å²) in [5, 5.41) is 2.62. The van der Waals surface area contributed by atoms with Gasteiger partial charge in [-0.3, -0.25) is 9.59 Å². The van der Waals surface area contributed by atoms with Crippen molar-refractivity contribution < 1.29 is 27.9 Å². The van der Waals surface area contributed by atoms with Crippen molar-refractivity contribution in [3.05, 3.63) is 89.6 Å². The van der Waals surface area contributed by atoms with E-state index in [0.717, 1.165) is 12.1 Å². The van der Waals surface area contributed by atoms with Crippen molar-refractivity contribution in [3.8, 4) is 0 Å². The number of carbonyl (C=O) groups is 3. The number of amides is 1.